The molecule has 88 valence electrons. The van der Waals surface area contributed by atoms with Gasteiger partial charge in [0.15, 0.2) is 0 Å². The predicted molar refractivity (Wildman–Crippen MR) is 70.7 cm³/mol. The molecule has 1 aromatic carbocycles. The van der Waals surface area contributed by atoms with Crippen molar-refractivity contribution in [3.05, 3.63) is 58.0 Å². The van der Waals surface area contributed by atoms with E-state index in [4.69, 9.17) is 0 Å². The topological polar surface area (TPSA) is 26.9 Å². The van der Waals surface area contributed by atoms with Crippen molar-refractivity contribution in [3.8, 4) is 0 Å². The van der Waals surface area contributed by atoms with E-state index in [9.17, 15) is 4.79 Å². The molecule has 3 nitrogen and oxygen atoms in total. The standard InChI is InChI=1S/C14H16N2O/c1-11-10-14(17)16(15(11)3)12(2)9-13-7-5-4-6-8-13/h4-10H,1-3H3/b12-9+. The molecule has 0 atom stereocenters. The molecule has 0 saturated heterocycles. The Morgan fingerprint density at radius 1 is 1.24 bits per heavy atom. The molecule has 2 aromatic rings. The van der Waals surface area contributed by atoms with Crippen LogP contribution >= 0.6 is 0 Å². The molecule has 0 aliphatic carbocycles. The van der Waals surface area contributed by atoms with E-state index in [1.807, 2.05) is 62.0 Å². The molecule has 0 bridgehead atoms. The Hall–Kier alpha value is -2.03. The average Bonchev–Trinajstić information content (AvgIpc) is 2.54. The molecule has 0 unspecified atom stereocenters. The van der Waals surface area contributed by atoms with Crippen LogP contribution in [-0.4, -0.2) is 9.36 Å². The van der Waals surface area contributed by atoms with E-state index in [0.29, 0.717) is 0 Å². The van der Waals surface area contributed by atoms with Crippen molar-refractivity contribution in [1.82, 2.24) is 9.36 Å². The maximum absolute atomic E-state index is 11.8. The molecule has 0 fully saturated rings. The first-order chi connectivity index (χ1) is 8.09. The lowest BCUT2D eigenvalue weighted by Gasteiger charge is -2.08. The zero-order valence-corrected chi connectivity index (χ0v) is 10.3. The summed E-state index contributed by atoms with van der Waals surface area (Å²) < 4.78 is 3.53. The van der Waals surface area contributed by atoms with Gasteiger partial charge >= 0.3 is 0 Å². The summed E-state index contributed by atoms with van der Waals surface area (Å²) in [7, 11) is 1.89. The summed E-state index contributed by atoms with van der Waals surface area (Å²) >= 11 is 0. The lowest BCUT2D eigenvalue weighted by Crippen LogP contribution is -2.19. The number of benzene rings is 1. The summed E-state index contributed by atoms with van der Waals surface area (Å²) in [6, 6.07) is 11.6. The Balaban J connectivity index is 2.48. The SMILES string of the molecule is C/C(=C\c1ccccc1)n1c(=O)cc(C)n1C. The Labute approximate surface area is 101 Å². The van der Waals surface area contributed by atoms with Crippen LogP contribution in [0.25, 0.3) is 11.8 Å². The van der Waals surface area contributed by atoms with Gasteiger partial charge in [0, 0.05) is 24.5 Å². The van der Waals surface area contributed by atoms with Gasteiger partial charge in [0.25, 0.3) is 5.56 Å². The van der Waals surface area contributed by atoms with Gasteiger partial charge in [-0.2, -0.15) is 0 Å². The van der Waals surface area contributed by atoms with E-state index in [1.54, 1.807) is 10.7 Å². The number of allylic oxidation sites excluding steroid dienone is 1. The van der Waals surface area contributed by atoms with Gasteiger partial charge in [-0.15, -0.1) is 0 Å². The van der Waals surface area contributed by atoms with Crippen molar-refractivity contribution in [2.45, 2.75) is 13.8 Å². The number of aromatic nitrogens is 2. The molecular weight excluding hydrogens is 212 g/mol. The molecule has 1 aromatic heterocycles. The molecule has 0 aliphatic heterocycles. The second kappa shape index (κ2) is 4.45. The molecule has 1 heterocycles. The van der Waals surface area contributed by atoms with Gasteiger partial charge in [0.2, 0.25) is 0 Å². The van der Waals surface area contributed by atoms with E-state index in [1.165, 1.54) is 0 Å². The molecule has 0 N–H and O–H groups in total. The van der Waals surface area contributed by atoms with Crippen LogP contribution in [0, 0.1) is 6.92 Å². The highest BCUT2D eigenvalue weighted by atomic mass is 16.1. The van der Waals surface area contributed by atoms with Crippen molar-refractivity contribution in [2.75, 3.05) is 0 Å². The second-order valence-corrected chi connectivity index (χ2v) is 4.16. The fourth-order valence-electron chi connectivity index (χ4n) is 1.90. The number of nitrogens with zero attached hydrogens (tertiary/aromatic N) is 2. The van der Waals surface area contributed by atoms with Crippen molar-refractivity contribution in [2.24, 2.45) is 7.05 Å². The van der Waals surface area contributed by atoms with Crippen LogP contribution in [0.4, 0.5) is 0 Å². The van der Waals surface area contributed by atoms with Gasteiger partial charge in [-0.3, -0.25) is 9.48 Å². The third-order valence-electron chi connectivity index (χ3n) is 2.86. The van der Waals surface area contributed by atoms with Crippen LogP contribution in [0.5, 0.6) is 0 Å². The zero-order chi connectivity index (χ0) is 12.4. The minimum atomic E-state index is 0.00896. The highest BCUT2D eigenvalue weighted by molar-refractivity contribution is 5.68. The maximum Gasteiger partial charge on any atom is 0.271 e. The van der Waals surface area contributed by atoms with Gasteiger partial charge in [0.05, 0.1) is 0 Å². The summed E-state index contributed by atoms with van der Waals surface area (Å²) in [6.45, 7) is 3.86. The summed E-state index contributed by atoms with van der Waals surface area (Å²) in [5.74, 6) is 0. The minimum absolute atomic E-state index is 0.00896. The molecule has 0 saturated carbocycles. The molecule has 0 radical (unpaired) electrons. The molecule has 17 heavy (non-hydrogen) atoms. The fourth-order valence-corrected chi connectivity index (χ4v) is 1.90. The van der Waals surface area contributed by atoms with Gasteiger partial charge in [-0.25, -0.2) is 4.68 Å². The monoisotopic (exact) mass is 228 g/mol. The van der Waals surface area contributed by atoms with E-state index < -0.39 is 0 Å². The summed E-state index contributed by atoms with van der Waals surface area (Å²) in [4.78, 5) is 11.8. The second-order valence-electron chi connectivity index (χ2n) is 4.16. The number of hydrogen-bond donors (Lipinski definition) is 0. The summed E-state index contributed by atoms with van der Waals surface area (Å²) in [6.07, 6.45) is 2.00. The van der Waals surface area contributed by atoms with Crippen LogP contribution in [0.2, 0.25) is 0 Å². The van der Waals surface area contributed by atoms with Crippen LogP contribution in [0.15, 0.2) is 41.2 Å². The van der Waals surface area contributed by atoms with Crippen molar-refractivity contribution >= 4 is 11.8 Å². The molecular formula is C14H16N2O. The molecule has 0 aliphatic rings. The molecule has 3 heteroatoms. The number of rotatable bonds is 2. The Bertz CT molecular complexity index is 603. The van der Waals surface area contributed by atoms with E-state index >= 15 is 0 Å². The molecule has 2 rings (SSSR count). The Morgan fingerprint density at radius 3 is 2.41 bits per heavy atom. The Morgan fingerprint density at radius 2 is 1.88 bits per heavy atom. The lowest BCUT2D eigenvalue weighted by atomic mass is 10.2. The maximum atomic E-state index is 11.8. The minimum Gasteiger partial charge on any atom is -0.286 e. The fraction of sp³-hybridized carbons (Fsp3) is 0.214. The Kier molecular flexibility index (Phi) is 3.00. The van der Waals surface area contributed by atoms with Gasteiger partial charge in [-0.05, 0) is 25.5 Å². The van der Waals surface area contributed by atoms with E-state index in [2.05, 4.69) is 0 Å². The largest absolute Gasteiger partial charge is 0.286 e. The van der Waals surface area contributed by atoms with E-state index in [0.717, 1.165) is 17.0 Å². The van der Waals surface area contributed by atoms with Crippen molar-refractivity contribution in [3.63, 3.8) is 0 Å². The van der Waals surface area contributed by atoms with Crippen LogP contribution in [-0.2, 0) is 7.05 Å². The zero-order valence-electron chi connectivity index (χ0n) is 10.3. The molecule has 0 amide bonds. The van der Waals surface area contributed by atoms with Crippen molar-refractivity contribution in [1.29, 1.82) is 0 Å². The van der Waals surface area contributed by atoms with Crippen LogP contribution in [0.3, 0.4) is 0 Å². The normalized spacial score (nSPS) is 11.8. The highest BCUT2D eigenvalue weighted by Gasteiger charge is 2.05. The van der Waals surface area contributed by atoms with E-state index in [-0.39, 0.29) is 5.56 Å². The predicted octanol–water partition coefficient (Wildman–Crippen LogP) is 2.51. The highest BCUT2D eigenvalue weighted by Crippen LogP contribution is 2.09. The third kappa shape index (κ3) is 2.23. The van der Waals surface area contributed by atoms with Crippen LogP contribution < -0.4 is 5.56 Å². The smallest absolute Gasteiger partial charge is 0.271 e. The lowest BCUT2D eigenvalue weighted by molar-refractivity contribution is 0.640. The van der Waals surface area contributed by atoms with Crippen LogP contribution in [0.1, 0.15) is 18.2 Å². The van der Waals surface area contributed by atoms with Crippen molar-refractivity contribution < 1.29 is 0 Å². The average molecular weight is 228 g/mol. The summed E-state index contributed by atoms with van der Waals surface area (Å²) in [5.41, 5.74) is 2.97. The first-order valence-electron chi connectivity index (χ1n) is 5.59. The molecule has 0 spiro atoms. The van der Waals surface area contributed by atoms with Gasteiger partial charge < -0.3 is 0 Å². The quantitative estimate of drug-likeness (QED) is 0.776. The first kappa shape index (κ1) is 11.5. The summed E-state index contributed by atoms with van der Waals surface area (Å²) in [5, 5.41) is 0. The number of aryl methyl sites for hydroxylation is 1. The van der Waals surface area contributed by atoms with Gasteiger partial charge in [0.1, 0.15) is 0 Å². The third-order valence-corrected chi connectivity index (χ3v) is 2.86. The number of hydrogen-bond acceptors (Lipinski definition) is 1. The van der Waals surface area contributed by atoms with Gasteiger partial charge in [-0.1, -0.05) is 30.3 Å². The first-order valence-corrected chi connectivity index (χ1v) is 5.59.